The Bertz CT molecular complexity index is 657. The van der Waals surface area contributed by atoms with Crippen molar-refractivity contribution < 1.29 is 23.0 Å². The fourth-order valence-electron chi connectivity index (χ4n) is 2.24. The molecule has 0 saturated heterocycles. The van der Waals surface area contributed by atoms with Crippen molar-refractivity contribution in [1.29, 1.82) is 0 Å². The van der Waals surface area contributed by atoms with Gasteiger partial charge in [-0.25, -0.2) is 0 Å². The van der Waals surface area contributed by atoms with Gasteiger partial charge in [-0.1, -0.05) is 24.3 Å². The van der Waals surface area contributed by atoms with E-state index >= 15 is 0 Å². The van der Waals surface area contributed by atoms with E-state index < -0.39 is 6.61 Å². The molecular formula is C18H19F2NO3. The standard InChI is InChI=1S/C18H19F2NO3/c1-12(14-5-9-16(10-6-14)24-18(19)20)21-17(22)11-13-3-7-15(23-2)8-4-13/h3-10,12,18H,11H2,1-2H3,(H,21,22). The number of nitrogens with one attached hydrogen (secondary N) is 1. The van der Waals surface area contributed by atoms with E-state index in [2.05, 4.69) is 10.1 Å². The molecule has 0 heterocycles. The van der Waals surface area contributed by atoms with Crippen molar-refractivity contribution in [3.63, 3.8) is 0 Å². The molecule has 6 heteroatoms. The van der Waals surface area contributed by atoms with Gasteiger partial charge in [0.05, 0.1) is 19.6 Å². The Hall–Kier alpha value is -2.63. The minimum absolute atomic E-state index is 0.0884. The minimum Gasteiger partial charge on any atom is -0.497 e. The van der Waals surface area contributed by atoms with Crippen molar-refractivity contribution >= 4 is 5.91 Å². The van der Waals surface area contributed by atoms with Gasteiger partial charge in [-0.15, -0.1) is 0 Å². The van der Waals surface area contributed by atoms with Crippen LogP contribution in [0.15, 0.2) is 48.5 Å². The number of amides is 1. The summed E-state index contributed by atoms with van der Waals surface area (Å²) in [6, 6.07) is 13.2. The van der Waals surface area contributed by atoms with Gasteiger partial charge in [0.25, 0.3) is 0 Å². The lowest BCUT2D eigenvalue weighted by molar-refractivity contribution is -0.121. The average Bonchev–Trinajstić information content (AvgIpc) is 2.55. The van der Waals surface area contributed by atoms with E-state index in [0.29, 0.717) is 0 Å². The van der Waals surface area contributed by atoms with Crippen LogP contribution in [0.2, 0.25) is 0 Å². The summed E-state index contributed by atoms with van der Waals surface area (Å²) < 4.78 is 33.6. The number of carbonyl (C=O) groups excluding carboxylic acids is 1. The van der Waals surface area contributed by atoms with Crippen LogP contribution in [0.1, 0.15) is 24.1 Å². The number of halogens is 2. The third-order valence-corrected chi connectivity index (χ3v) is 3.51. The molecule has 24 heavy (non-hydrogen) atoms. The molecule has 0 bridgehead atoms. The maximum absolute atomic E-state index is 12.1. The summed E-state index contributed by atoms with van der Waals surface area (Å²) in [5.74, 6) is 0.699. The number of rotatable bonds is 7. The third kappa shape index (κ3) is 5.22. The maximum atomic E-state index is 12.1. The topological polar surface area (TPSA) is 47.6 Å². The first-order valence-electron chi connectivity index (χ1n) is 7.45. The Kier molecular flexibility index (Phi) is 6.12. The molecule has 0 radical (unpaired) electrons. The maximum Gasteiger partial charge on any atom is 0.387 e. The molecule has 0 aliphatic heterocycles. The van der Waals surface area contributed by atoms with Gasteiger partial charge in [0.2, 0.25) is 5.91 Å². The second-order valence-electron chi connectivity index (χ2n) is 5.26. The van der Waals surface area contributed by atoms with Crippen LogP contribution in [0, 0.1) is 0 Å². The van der Waals surface area contributed by atoms with Crippen LogP contribution >= 0.6 is 0 Å². The van der Waals surface area contributed by atoms with Crippen molar-refractivity contribution in [2.45, 2.75) is 26.0 Å². The van der Waals surface area contributed by atoms with Crippen LogP contribution < -0.4 is 14.8 Å². The highest BCUT2D eigenvalue weighted by Crippen LogP contribution is 2.19. The molecule has 0 aliphatic rings. The molecule has 0 aromatic heterocycles. The summed E-state index contributed by atoms with van der Waals surface area (Å²) in [5, 5.41) is 2.87. The number of ether oxygens (including phenoxy) is 2. The highest BCUT2D eigenvalue weighted by Gasteiger charge is 2.11. The number of hydrogen-bond acceptors (Lipinski definition) is 3. The highest BCUT2D eigenvalue weighted by atomic mass is 19.3. The predicted molar refractivity (Wildman–Crippen MR) is 86.3 cm³/mol. The summed E-state index contributed by atoms with van der Waals surface area (Å²) in [6.07, 6.45) is 0.251. The fourth-order valence-corrected chi connectivity index (χ4v) is 2.24. The highest BCUT2D eigenvalue weighted by molar-refractivity contribution is 5.79. The minimum atomic E-state index is -2.85. The van der Waals surface area contributed by atoms with Crippen LogP contribution in [0.4, 0.5) is 8.78 Å². The lowest BCUT2D eigenvalue weighted by Gasteiger charge is -2.15. The smallest absolute Gasteiger partial charge is 0.387 e. The van der Waals surface area contributed by atoms with E-state index in [1.807, 2.05) is 19.1 Å². The number of benzene rings is 2. The first-order chi connectivity index (χ1) is 11.5. The van der Waals surface area contributed by atoms with Gasteiger partial charge in [0, 0.05) is 0 Å². The second kappa shape index (κ2) is 8.29. The van der Waals surface area contributed by atoms with Crippen molar-refractivity contribution in [2.75, 3.05) is 7.11 Å². The van der Waals surface area contributed by atoms with E-state index in [9.17, 15) is 13.6 Å². The van der Waals surface area contributed by atoms with E-state index in [4.69, 9.17) is 4.74 Å². The summed E-state index contributed by atoms with van der Waals surface area (Å²) >= 11 is 0. The molecule has 2 aromatic carbocycles. The van der Waals surface area contributed by atoms with Gasteiger partial charge in [-0.3, -0.25) is 4.79 Å². The van der Waals surface area contributed by atoms with Gasteiger partial charge in [0.1, 0.15) is 11.5 Å². The van der Waals surface area contributed by atoms with E-state index in [1.54, 1.807) is 31.4 Å². The normalized spacial score (nSPS) is 11.9. The van der Waals surface area contributed by atoms with Gasteiger partial charge < -0.3 is 14.8 Å². The number of carbonyl (C=O) groups is 1. The van der Waals surface area contributed by atoms with Crippen LogP contribution in [0.25, 0.3) is 0 Å². The molecule has 2 aromatic rings. The molecule has 4 nitrogen and oxygen atoms in total. The third-order valence-electron chi connectivity index (χ3n) is 3.51. The molecule has 0 fully saturated rings. The first kappa shape index (κ1) is 17.7. The van der Waals surface area contributed by atoms with Crippen LogP contribution in [0.5, 0.6) is 11.5 Å². The first-order valence-corrected chi connectivity index (χ1v) is 7.45. The molecule has 1 N–H and O–H groups in total. The van der Waals surface area contributed by atoms with Crippen LogP contribution in [-0.4, -0.2) is 19.6 Å². The van der Waals surface area contributed by atoms with Gasteiger partial charge in [0.15, 0.2) is 0 Å². The summed E-state index contributed by atoms with van der Waals surface area (Å²) in [5.41, 5.74) is 1.68. The largest absolute Gasteiger partial charge is 0.497 e. The monoisotopic (exact) mass is 335 g/mol. The molecule has 0 saturated carbocycles. The average molecular weight is 335 g/mol. The lowest BCUT2D eigenvalue weighted by atomic mass is 10.1. The summed E-state index contributed by atoms with van der Waals surface area (Å²) in [6.45, 7) is -1.02. The van der Waals surface area contributed by atoms with Crippen molar-refractivity contribution in [2.24, 2.45) is 0 Å². The Labute approximate surface area is 139 Å². The van der Waals surface area contributed by atoms with E-state index in [0.717, 1.165) is 16.9 Å². The van der Waals surface area contributed by atoms with Crippen LogP contribution in [0.3, 0.4) is 0 Å². The molecule has 1 atom stereocenters. The second-order valence-corrected chi connectivity index (χ2v) is 5.26. The molecule has 0 aliphatic carbocycles. The molecule has 128 valence electrons. The quantitative estimate of drug-likeness (QED) is 0.839. The van der Waals surface area contributed by atoms with Gasteiger partial charge in [-0.05, 0) is 42.3 Å². The summed E-state index contributed by atoms with van der Waals surface area (Å²) in [4.78, 5) is 12.1. The Morgan fingerprint density at radius 1 is 1.04 bits per heavy atom. The zero-order valence-corrected chi connectivity index (χ0v) is 13.5. The zero-order valence-electron chi connectivity index (χ0n) is 13.5. The van der Waals surface area contributed by atoms with Gasteiger partial charge >= 0.3 is 6.61 Å². The Balaban J connectivity index is 1.90. The number of methoxy groups -OCH3 is 1. The zero-order chi connectivity index (χ0) is 17.5. The number of hydrogen-bond donors (Lipinski definition) is 1. The number of alkyl halides is 2. The Morgan fingerprint density at radius 3 is 2.17 bits per heavy atom. The molecular weight excluding hydrogens is 316 g/mol. The van der Waals surface area contributed by atoms with Gasteiger partial charge in [-0.2, -0.15) is 8.78 Å². The predicted octanol–water partition coefficient (Wildman–Crippen LogP) is 3.72. The molecule has 1 amide bonds. The van der Waals surface area contributed by atoms with Crippen molar-refractivity contribution in [3.8, 4) is 11.5 Å². The summed E-state index contributed by atoms with van der Waals surface area (Å²) in [7, 11) is 1.58. The van der Waals surface area contributed by atoms with Crippen molar-refractivity contribution in [3.05, 3.63) is 59.7 Å². The lowest BCUT2D eigenvalue weighted by Crippen LogP contribution is -2.28. The van der Waals surface area contributed by atoms with Crippen molar-refractivity contribution in [1.82, 2.24) is 5.32 Å². The molecule has 0 spiro atoms. The fraction of sp³-hybridized carbons (Fsp3) is 0.278. The van der Waals surface area contributed by atoms with E-state index in [1.165, 1.54) is 12.1 Å². The SMILES string of the molecule is COc1ccc(CC(=O)NC(C)c2ccc(OC(F)F)cc2)cc1. The Morgan fingerprint density at radius 2 is 1.62 bits per heavy atom. The van der Waals surface area contributed by atoms with Crippen LogP contribution in [-0.2, 0) is 11.2 Å². The molecule has 1 unspecified atom stereocenters. The molecule has 2 rings (SSSR count). The van der Waals surface area contributed by atoms with E-state index in [-0.39, 0.29) is 24.1 Å².